The molecule has 0 aliphatic rings. The van der Waals surface area contributed by atoms with Crippen molar-refractivity contribution in [2.75, 3.05) is 13.2 Å². The van der Waals surface area contributed by atoms with E-state index < -0.39 is 5.97 Å². The molecule has 0 radical (unpaired) electrons. The largest absolute Gasteiger partial charge is 0.507 e. The van der Waals surface area contributed by atoms with Crippen LogP contribution in [0.5, 0.6) is 11.5 Å². The van der Waals surface area contributed by atoms with Crippen LogP contribution in [0.2, 0.25) is 0 Å². The van der Waals surface area contributed by atoms with Gasteiger partial charge in [-0.25, -0.2) is 9.18 Å². The van der Waals surface area contributed by atoms with E-state index in [1.54, 1.807) is 19.1 Å². The molecule has 0 saturated heterocycles. The third-order valence-electron chi connectivity index (χ3n) is 2.86. The molecule has 2 rings (SSSR count). The highest BCUT2D eigenvalue weighted by molar-refractivity contribution is 5.92. The molecule has 0 aliphatic heterocycles. The van der Waals surface area contributed by atoms with E-state index in [4.69, 9.17) is 9.47 Å². The molecule has 0 aromatic heterocycles. The van der Waals surface area contributed by atoms with E-state index in [2.05, 4.69) is 0 Å². The maximum atomic E-state index is 12.7. The summed E-state index contributed by atoms with van der Waals surface area (Å²) in [6.07, 6.45) is 0. The molecule has 0 fully saturated rings. The van der Waals surface area contributed by atoms with Gasteiger partial charge < -0.3 is 14.6 Å². The molecule has 0 spiro atoms. The van der Waals surface area contributed by atoms with Crippen LogP contribution in [0.3, 0.4) is 0 Å². The fourth-order valence-electron chi connectivity index (χ4n) is 1.73. The summed E-state index contributed by atoms with van der Waals surface area (Å²) < 4.78 is 23.0. The second-order valence-electron chi connectivity index (χ2n) is 4.41. The van der Waals surface area contributed by atoms with Gasteiger partial charge in [0.1, 0.15) is 36.1 Å². The normalized spacial score (nSPS) is 10.2. The Morgan fingerprint density at radius 3 is 2.57 bits per heavy atom. The first-order chi connectivity index (χ1) is 10.1. The Morgan fingerprint density at radius 2 is 1.86 bits per heavy atom. The average Bonchev–Trinajstić information content (AvgIpc) is 2.48. The minimum absolute atomic E-state index is 0.0313. The molecule has 1 N–H and O–H groups in total. The molecule has 2 aromatic carbocycles. The topological polar surface area (TPSA) is 55.8 Å². The molecule has 0 bridgehead atoms. The number of ether oxygens (including phenoxy) is 2. The van der Waals surface area contributed by atoms with Crippen molar-refractivity contribution in [1.82, 2.24) is 0 Å². The van der Waals surface area contributed by atoms with Gasteiger partial charge in [0.25, 0.3) is 0 Å². The molecule has 0 unspecified atom stereocenters. The average molecular weight is 290 g/mol. The van der Waals surface area contributed by atoms with Crippen LogP contribution in [-0.2, 0) is 4.74 Å². The van der Waals surface area contributed by atoms with Crippen molar-refractivity contribution in [3.05, 3.63) is 59.4 Å². The van der Waals surface area contributed by atoms with Crippen LogP contribution in [-0.4, -0.2) is 24.3 Å². The summed E-state index contributed by atoms with van der Waals surface area (Å²) in [4.78, 5) is 11.8. The Labute approximate surface area is 121 Å². The lowest BCUT2D eigenvalue weighted by molar-refractivity contribution is 0.0447. The Balaban J connectivity index is 1.82. The van der Waals surface area contributed by atoms with E-state index in [0.29, 0.717) is 11.3 Å². The number of para-hydroxylation sites is 1. The highest BCUT2D eigenvalue weighted by Gasteiger charge is 2.13. The Morgan fingerprint density at radius 1 is 1.14 bits per heavy atom. The maximum absolute atomic E-state index is 12.7. The van der Waals surface area contributed by atoms with Gasteiger partial charge in [-0.15, -0.1) is 0 Å². The third-order valence-corrected chi connectivity index (χ3v) is 2.86. The molecule has 4 nitrogen and oxygen atoms in total. The number of phenols is 1. The molecular weight excluding hydrogens is 275 g/mol. The number of rotatable bonds is 5. The van der Waals surface area contributed by atoms with Crippen molar-refractivity contribution < 1.29 is 23.8 Å². The zero-order chi connectivity index (χ0) is 15.2. The second kappa shape index (κ2) is 6.74. The van der Waals surface area contributed by atoms with Gasteiger partial charge in [-0.3, -0.25) is 0 Å². The van der Waals surface area contributed by atoms with Gasteiger partial charge >= 0.3 is 5.97 Å². The lowest BCUT2D eigenvalue weighted by Crippen LogP contribution is -2.12. The Kier molecular flexibility index (Phi) is 4.77. The quantitative estimate of drug-likeness (QED) is 0.679. The third kappa shape index (κ3) is 3.95. The molecule has 5 heteroatoms. The van der Waals surface area contributed by atoms with Crippen LogP contribution < -0.4 is 4.74 Å². The monoisotopic (exact) mass is 290 g/mol. The van der Waals surface area contributed by atoms with Gasteiger partial charge in [0.2, 0.25) is 0 Å². The molecule has 2 aromatic rings. The summed E-state index contributed by atoms with van der Waals surface area (Å²) in [5, 5.41) is 9.76. The summed E-state index contributed by atoms with van der Waals surface area (Å²) in [5.41, 5.74) is 0.726. The number of carbonyl (C=O) groups is 1. The van der Waals surface area contributed by atoms with E-state index in [1.165, 1.54) is 30.3 Å². The predicted molar refractivity (Wildman–Crippen MR) is 75.0 cm³/mol. The lowest BCUT2D eigenvalue weighted by atomic mass is 10.1. The molecule has 0 saturated carbocycles. The van der Waals surface area contributed by atoms with Crippen LogP contribution >= 0.6 is 0 Å². The standard InChI is InChI=1S/C16H15FO4/c1-11-3-2-4-14(15(11)18)16(19)21-10-9-20-13-7-5-12(17)6-8-13/h2-8,18H,9-10H2,1H3. The van der Waals surface area contributed by atoms with E-state index in [-0.39, 0.29) is 30.3 Å². The van der Waals surface area contributed by atoms with Gasteiger partial charge in [-0.2, -0.15) is 0 Å². The molecule has 110 valence electrons. The minimum Gasteiger partial charge on any atom is -0.507 e. The van der Waals surface area contributed by atoms with Crippen LogP contribution in [0.4, 0.5) is 4.39 Å². The summed E-state index contributed by atoms with van der Waals surface area (Å²) in [6.45, 7) is 1.87. The fourth-order valence-corrected chi connectivity index (χ4v) is 1.73. The number of hydrogen-bond acceptors (Lipinski definition) is 4. The lowest BCUT2D eigenvalue weighted by Gasteiger charge is -2.09. The maximum Gasteiger partial charge on any atom is 0.342 e. The number of aromatic hydroxyl groups is 1. The summed E-state index contributed by atoms with van der Waals surface area (Å²) in [5.74, 6) is -0.546. The minimum atomic E-state index is -0.612. The van der Waals surface area contributed by atoms with Crippen LogP contribution in [0.1, 0.15) is 15.9 Å². The van der Waals surface area contributed by atoms with Crippen LogP contribution in [0.15, 0.2) is 42.5 Å². The van der Waals surface area contributed by atoms with Crippen molar-refractivity contribution in [1.29, 1.82) is 0 Å². The molecule has 0 amide bonds. The van der Waals surface area contributed by atoms with Gasteiger partial charge in [-0.1, -0.05) is 12.1 Å². The number of carbonyl (C=O) groups excluding carboxylic acids is 1. The molecular formula is C16H15FO4. The number of aryl methyl sites for hydroxylation is 1. The summed E-state index contributed by atoms with van der Waals surface area (Å²) in [7, 11) is 0. The van der Waals surface area contributed by atoms with Crippen LogP contribution in [0, 0.1) is 12.7 Å². The second-order valence-corrected chi connectivity index (χ2v) is 4.41. The number of phenolic OH excluding ortho intramolecular Hbond substituents is 1. The number of benzene rings is 2. The Bertz CT molecular complexity index is 623. The van der Waals surface area contributed by atoms with Gasteiger partial charge in [0.05, 0.1) is 0 Å². The van der Waals surface area contributed by atoms with E-state index in [0.717, 1.165) is 0 Å². The first-order valence-electron chi connectivity index (χ1n) is 6.42. The highest BCUT2D eigenvalue weighted by atomic mass is 19.1. The Hall–Kier alpha value is -2.56. The van der Waals surface area contributed by atoms with Gasteiger partial charge in [0, 0.05) is 0 Å². The van der Waals surface area contributed by atoms with E-state index in [9.17, 15) is 14.3 Å². The van der Waals surface area contributed by atoms with Crippen molar-refractivity contribution >= 4 is 5.97 Å². The van der Waals surface area contributed by atoms with Crippen molar-refractivity contribution in [2.45, 2.75) is 6.92 Å². The number of halogens is 1. The SMILES string of the molecule is Cc1cccc(C(=O)OCCOc2ccc(F)cc2)c1O. The van der Waals surface area contributed by atoms with Crippen molar-refractivity contribution in [3.8, 4) is 11.5 Å². The van der Waals surface area contributed by atoms with Crippen LogP contribution in [0.25, 0.3) is 0 Å². The highest BCUT2D eigenvalue weighted by Crippen LogP contribution is 2.22. The fraction of sp³-hybridized carbons (Fsp3) is 0.188. The molecule has 0 aliphatic carbocycles. The molecule has 21 heavy (non-hydrogen) atoms. The zero-order valence-electron chi connectivity index (χ0n) is 11.5. The van der Waals surface area contributed by atoms with Crippen molar-refractivity contribution in [2.24, 2.45) is 0 Å². The molecule has 0 atom stereocenters. The van der Waals surface area contributed by atoms with E-state index in [1.807, 2.05) is 0 Å². The zero-order valence-corrected chi connectivity index (χ0v) is 11.5. The van der Waals surface area contributed by atoms with Gasteiger partial charge in [-0.05, 0) is 42.8 Å². The number of esters is 1. The van der Waals surface area contributed by atoms with E-state index >= 15 is 0 Å². The summed E-state index contributed by atoms with van der Waals surface area (Å²) >= 11 is 0. The first-order valence-corrected chi connectivity index (χ1v) is 6.42. The smallest absolute Gasteiger partial charge is 0.342 e. The predicted octanol–water partition coefficient (Wildman–Crippen LogP) is 3.08. The van der Waals surface area contributed by atoms with Gasteiger partial charge in [0.15, 0.2) is 0 Å². The number of hydrogen-bond donors (Lipinski definition) is 1. The first kappa shape index (κ1) is 14.8. The molecule has 0 heterocycles. The summed E-state index contributed by atoms with van der Waals surface area (Å²) in [6, 6.07) is 10.4. The van der Waals surface area contributed by atoms with Crippen molar-refractivity contribution in [3.63, 3.8) is 0 Å².